The minimum Gasteiger partial charge on any atom is -0.493 e. The molecular weight excluding hydrogens is 298 g/mol. The summed E-state index contributed by atoms with van der Waals surface area (Å²) in [7, 11) is 0. The van der Waals surface area contributed by atoms with Crippen molar-refractivity contribution in [3.8, 4) is 5.75 Å². The molecule has 0 spiro atoms. The van der Waals surface area contributed by atoms with E-state index in [0.717, 1.165) is 36.3 Å². The van der Waals surface area contributed by atoms with Crippen LogP contribution in [-0.2, 0) is 11.2 Å². The van der Waals surface area contributed by atoms with Gasteiger partial charge in [0.15, 0.2) is 0 Å². The molecule has 130 valence electrons. The zero-order chi connectivity index (χ0) is 16.9. The number of rotatable bonds is 3. The second kappa shape index (κ2) is 7.87. The van der Waals surface area contributed by atoms with E-state index in [4.69, 9.17) is 4.74 Å². The van der Waals surface area contributed by atoms with E-state index in [2.05, 4.69) is 18.0 Å². The highest BCUT2D eigenvalue weighted by atomic mass is 16.5. The van der Waals surface area contributed by atoms with Gasteiger partial charge in [-0.05, 0) is 61.8 Å². The molecule has 1 heterocycles. The molecular formula is C21H29NO2. The van der Waals surface area contributed by atoms with Crippen LogP contribution in [0.15, 0.2) is 30.4 Å². The standard InChI is InChI=1S/C21H29NO2/c1-15(2)21(23)22-19-10-11-20-18(14-19)9-8-17(12-13-24-20)16-6-4-3-5-7-16/h10-11,14,16-17H,1,3-9,12-13H2,2H3,(H,22,23). The molecule has 1 unspecified atom stereocenters. The van der Waals surface area contributed by atoms with Crippen molar-refractivity contribution in [3.63, 3.8) is 0 Å². The smallest absolute Gasteiger partial charge is 0.250 e. The molecule has 1 aromatic rings. The predicted octanol–water partition coefficient (Wildman–Crippen LogP) is 5.11. The van der Waals surface area contributed by atoms with Gasteiger partial charge in [0, 0.05) is 11.3 Å². The van der Waals surface area contributed by atoms with Crippen molar-refractivity contribution in [1.82, 2.24) is 0 Å². The second-order valence-corrected chi connectivity index (χ2v) is 7.39. The fourth-order valence-electron chi connectivity index (χ4n) is 4.11. The average molecular weight is 327 g/mol. The number of hydrogen-bond donors (Lipinski definition) is 1. The zero-order valence-corrected chi connectivity index (χ0v) is 14.8. The van der Waals surface area contributed by atoms with Crippen molar-refractivity contribution in [3.05, 3.63) is 35.9 Å². The molecule has 1 aliphatic heterocycles. The number of fused-ring (bicyclic) bond motifs is 1. The van der Waals surface area contributed by atoms with Crippen LogP contribution in [0.4, 0.5) is 5.69 Å². The van der Waals surface area contributed by atoms with Crippen LogP contribution in [-0.4, -0.2) is 12.5 Å². The highest BCUT2D eigenvalue weighted by Crippen LogP contribution is 2.37. The minimum atomic E-state index is -0.123. The summed E-state index contributed by atoms with van der Waals surface area (Å²) in [4.78, 5) is 11.8. The highest BCUT2D eigenvalue weighted by Gasteiger charge is 2.25. The van der Waals surface area contributed by atoms with Gasteiger partial charge >= 0.3 is 0 Å². The predicted molar refractivity (Wildman–Crippen MR) is 98.4 cm³/mol. The molecule has 3 heteroatoms. The molecule has 0 aromatic heterocycles. The molecule has 3 nitrogen and oxygen atoms in total. The van der Waals surface area contributed by atoms with Gasteiger partial charge in [-0.25, -0.2) is 0 Å². The van der Waals surface area contributed by atoms with Gasteiger partial charge in [-0.2, -0.15) is 0 Å². The number of nitrogens with one attached hydrogen (secondary N) is 1. The van der Waals surface area contributed by atoms with E-state index in [9.17, 15) is 4.79 Å². The van der Waals surface area contributed by atoms with Gasteiger partial charge in [0.05, 0.1) is 6.61 Å². The number of carbonyl (C=O) groups is 1. The van der Waals surface area contributed by atoms with Crippen LogP contribution in [0.25, 0.3) is 0 Å². The minimum absolute atomic E-state index is 0.123. The Morgan fingerprint density at radius 1 is 1.12 bits per heavy atom. The fraction of sp³-hybridized carbons (Fsp3) is 0.571. The summed E-state index contributed by atoms with van der Waals surface area (Å²) in [6.45, 7) is 6.23. The summed E-state index contributed by atoms with van der Waals surface area (Å²) in [5, 5.41) is 2.91. The molecule has 1 fully saturated rings. The Balaban J connectivity index is 1.69. The van der Waals surface area contributed by atoms with Crippen LogP contribution in [0.1, 0.15) is 57.4 Å². The lowest BCUT2D eigenvalue weighted by Crippen LogP contribution is -2.22. The Hall–Kier alpha value is -1.77. The molecule has 1 amide bonds. The zero-order valence-electron chi connectivity index (χ0n) is 14.8. The van der Waals surface area contributed by atoms with Gasteiger partial charge in [0.25, 0.3) is 5.91 Å². The van der Waals surface area contributed by atoms with Gasteiger partial charge < -0.3 is 10.1 Å². The first kappa shape index (κ1) is 17.1. The lowest BCUT2D eigenvalue weighted by Gasteiger charge is -2.32. The molecule has 0 radical (unpaired) electrons. The molecule has 0 saturated heterocycles. The van der Waals surface area contributed by atoms with Crippen LogP contribution in [0.5, 0.6) is 5.75 Å². The number of ether oxygens (including phenoxy) is 1. The molecule has 1 atom stereocenters. The maximum atomic E-state index is 11.8. The third-order valence-corrected chi connectivity index (χ3v) is 5.55. The van der Waals surface area contributed by atoms with Gasteiger partial charge in [0.2, 0.25) is 0 Å². The molecule has 2 aliphatic rings. The van der Waals surface area contributed by atoms with Crippen LogP contribution < -0.4 is 10.1 Å². The SMILES string of the molecule is C=C(C)C(=O)Nc1ccc2c(c1)CCC(C1CCCCC1)CCO2. The Morgan fingerprint density at radius 3 is 2.62 bits per heavy atom. The van der Waals surface area contributed by atoms with Crippen LogP contribution >= 0.6 is 0 Å². The summed E-state index contributed by atoms with van der Waals surface area (Å²) in [5.41, 5.74) is 2.57. The first-order valence-corrected chi connectivity index (χ1v) is 9.36. The number of anilines is 1. The van der Waals surface area contributed by atoms with Crippen molar-refractivity contribution < 1.29 is 9.53 Å². The van der Waals surface area contributed by atoms with Gasteiger partial charge in [-0.15, -0.1) is 0 Å². The molecule has 0 bridgehead atoms. The lowest BCUT2D eigenvalue weighted by molar-refractivity contribution is -0.112. The van der Waals surface area contributed by atoms with Crippen molar-refractivity contribution >= 4 is 11.6 Å². The Labute approximate surface area is 145 Å². The summed E-state index contributed by atoms with van der Waals surface area (Å²) in [6, 6.07) is 5.98. The number of carbonyl (C=O) groups excluding carboxylic acids is 1. The third kappa shape index (κ3) is 4.19. The lowest BCUT2D eigenvalue weighted by atomic mass is 9.76. The van der Waals surface area contributed by atoms with Crippen LogP contribution in [0.2, 0.25) is 0 Å². The first-order chi connectivity index (χ1) is 11.6. The van der Waals surface area contributed by atoms with Crippen LogP contribution in [0.3, 0.4) is 0 Å². The van der Waals surface area contributed by atoms with Crippen molar-refractivity contribution in [2.24, 2.45) is 11.8 Å². The maximum Gasteiger partial charge on any atom is 0.250 e. The van der Waals surface area contributed by atoms with E-state index >= 15 is 0 Å². The third-order valence-electron chi connectivity index (χ3n) is 5.55. The van der Waals surface area contributed by atoms with Crippen molar-refractivity contribution in [2.45, 2.75) is 58.3 Å². The molecule has 1 aliphatic carbocycles. The van der Waals surface area contributed by atoms with E-state index in [1.54, 1.807) is 6.92 Å². The van der Waals surface area contributed by atoms with E-state index < -0.39 is 0 Å². The topological polar surface area (TPSA) is 38.3 Å². The molecule has 1 N–H and O–H groups in total. The average Bonchev–Trinajstić information content (AvgIpc) is 2.57. The Morgan fingerprint density at radius 2 is 1.88 bits per heavy atom. The number of amides is 1. The second-order valence-electron chi connectivity index (χ2n) is 7.39. The van der Waals surface area contributed by atoms with Gasteiger partial charge in [-0.1, -0.05) is 38.7 Å². The summed E-state index contributed by atoms with van der Waals surface area (Å²) in [6.07, 6.45) is 10.4. The summed E-state index contributed by atoms with van der Waals surface area (Å²) < 4.78 is 6.03. The number of aryl methyl sites for hydroxylation is 1. The van der Waals surface area contributed by atoms with Crippen molar-refractivity contribution in [2.75, 3.05) is 11.9 Å². The number of hydrogen-bond acceptors (Lipinski definition) is 2. The van der Waals surface area contributed by atoms with E-state index in [1.165, 1.54) is 50.5 Å². The molecule has 3 rings (SSSR count). The quantitative estimate of drug-likeness (QED) is 0.783. The Bertz CT molecular complexity index is 602. The summed E-state index contributed by atoms with van der Waals surface area (Å²) >= 11 is 0. The Kier molecular flexibility index (Phi) is 5.60. The summed E-state index contributed by atoms with van der Waals surface area (Å²) in [5.74, 6) is 2.52. The van der Waals surface area contributed by atoms with Gasteiger partial charge in [-0.3, -0.25) is 4.79 Å². The normalized spacial score (nSPS) is 21.8. The first-order valence-electron chi connectivity index (χ1n) is 9.36. The monoisotopic (exact) mass is 327 g/mol. The molecule has 1 saturated carbocycles. The van der Waals surface area contributed by atoms with Crippen LogP contribution in [0, 0.1) is 11.8 Å². The maximum absolute atomic E-state index is 11.8. The van der Waals surface area contributed by atoms with E-state index in [0.29, 0.717) is 5.57 Å². The fourth-order valence-corrected chi connectivity index (χ4v) is 4.11. The number of benzene rings is 1. The molecule has 1 aromatic carbocycles. The van der Waals surface area contributed by atoms with Gasteiger partial charge in [0.1, 0.15) is 5.75 Å². The van der Waals surface area contributed by atoms with E-state index in [-0.39, 0.29) is 5.91 Å². The van der Waals surface area contributed by atoms with Crippen molar-refractivity contribution in [1.29, 1.82) is 0 Å². The highest BCUT2D eigenvalue weighted by molar-refractivity contribution is 6.02. The largest absolute Gasteiger partial charge is 0.493 e. The van der Waals surface area contributed by atoms with E-state index in [1.807, 2.05) is 12.1 Å². The molecule has 24 heavy (non-hydrogen) atoms.